The van der Waals surface area contributed by atoms with Gasteiger partial charge >= 0.3 is 0 Å². The van der Waals surface area contributed by atoms with E-state index in [4.69, 9.17) is 0 Å². The molecule has 0 radical (unpaired) electrons. The first-order valence-electron chi connectivity index (χ1n) is 6.19. The molecule has 1 unspecified atom stereocenters. The third-order valence-electron chi connectivity index (χ3n) is 2.94. The molecular formula is C13H23N3O. The summed E-state index contributed by atoms with van der Waals surface area (Å²) in [6.45, 7) is 5.58. The monoisotopic (exact) mass is 237 g/mol. The molecule has 0 aliphatic heterocycles. The molecule has 0 aliphatic rings. The third kappa shape index (κ3) is 4.61. The number of hydrogen-bond donors (Lipinski definition) is 3. The van der Waals surface area contributed by atoms with Gasteiger partial charge in [-0.15, -0.1) is 0 Å². The molecule has 1 rings (SSSR count). The van der Waals surface area contributed by atoms with Gasteiger partial charge in [0.1, 0.15) is 0 Å². The van der Waals surface area contributed by atoms with E-state index in [2.05, 4.69) is 29.5 Å². The number of aromatic amines is 1. The Bertz CT molecular complexity index is 319. The van der Waals surface area contributed by atoms with E-state index >= 15 is 0 Å². The van der Waals surface area contributed by atoms with Gasteiger partial charge in [-0.25, -0.2) is 0 Å². The van der Waals surface area contributed by atoms with E-state index in [1.807, 2.05) is 25.5 Å². The van der Waals surface area contributed by atoms with Gasteiger partial charge in [-0.2, -0.15) is 0 Å². The second kappa shape index (κ2) is 7.12. The van der Waals surface area contributed by atoms with E-state index in [-0.39, 0.29) is 11.8 Å². The van der Waals surface area contributed by atoms with Crippen LogP contribution in [-0.2, 0) is 11.2 Å². The van der Waals surface area contributed by atoms with Crippen molar-refractivity contribution < 1.29 is 4.79 Å². The van der Waals surface area contributed by atoms with E-state index in [0.29, 0.717) is 12.5 Å². The summed E-state index contributed by atoms with van der Waals surface area (Å²) in [6.07, 6.45) is 4.73. The third-order valence-corrected chi connectivity index (χ3v) is 2.94. The summed E-state index contributed by atoms with van der Waals surface area (Å²) >= 11 is 0. The predicted octanol–water partition coefficient (Wildman–Crippen LogP) is 1.16. The Morgan fingerprint density at radius 1 is 1.47 bits per heavy atom. The quantitative estimate of drug-likeness (QED) is 0.666. The highest BCUT2D eigenvalue weighted by Crippen LogP contribution is 2.09. The lowest BCUT2D eigenvalue weighted by Gasteiger charge is -2.19. The SMILES string of the molecule is CNCC(C(=O)NCCc1cc[nH]c1)C(C)C. The van der Waals surface area contributed by atoms with Crippen LogP contribution < -0.4 is 10.6 Å². The van der Waals surface area contributed by atoms with Crippen LogP contribution >= 0.6 is 0 Å². The summed E-state index contributed by atoms with van der Waals surface area (Å²) in [5.41, 5.74) is 1.22. The number of aromatic nitrogens is 1. The molecule has 0 aliphatic carbocycles. The second-order valence-electron chi connectivity index (χ2n) is 4.67. The van der Waals surface area contributed by atoms with E-state index in [1.165, 1.54) is 5.56 Å². The average molecular weight is 237 g/mol. The molecule has 0 bridgehead atoms. The molecule has 3 N–H and O–H groups in total. The number of nitrogens with one attached hydrogen (secondary N) is 3. The maximum atomic E-state index is 11.9. The van der Waals surface area contributed by atoms with Gasteiger partial charge in [-0.1, -0.05) is 13.8 Å². The molecule has 1 amide bonds. The Hall–Kier alpha value is -1.29. The number of hydrogen-bond acceptors (Lipinski definition) is 2. The van der Waals surface area contributed by atoms with E-state index < -0.39 is 0 Å². The Morgan fingerprint density at radius 3 is 2.76 bits per heavy atom. The molecule has 1 aromatic heterocycles. The van der Waals surface area contributed by atoms with Crippen LogP contribution in [0.5, 0.6) is 0 Å². The molecule has 0 fully saturated rings. The summed E-state index contributed by atoms with van der Waals surface area (Å²) in [6, 6.07) is 2.03. The molecule has 4 nitrogen and oxygen atoms in total. The van der Waals surface area contributed by atoms with Gasteiger partial charge in [0.05, 0.1) is 5.92 Å². The van der Waals surface area contributed by atoms with Crippen molar-refractivity contribution in [2.75, 3.05) is 20.1 Å². The van der Waals surface area contributed by atoms with Gasteiger partial charge in [-0.05, 0) is 31.0 Å². The summed E-state index contributed by atoms with van der Waals surface area (Å²) in [5.74, 6) is 0.547. The Balaban J connectivity index is 2.31. The van der Waals surface area contributed by atoms with Crippen molar-refractivity contribution >= 4 is 5.91 Å². The number of carbonyl (C=O) groups excluding carboxylic acids is 1. The van der Waals surface area contributed by atoms with Gasteiger partial charge in [0.25, 0.3) is 0 Å². The molecule has 1 aromatic rings. The Kier molecular flexibility index (Phi) is 5.77. The standard InChI is InChI=1S/C13H23N3O/c1-10(2)12(9-14-3)13(17)16-7-5-11-4-6-15-8-11/h4,6,8,10,12,14-15H,5,7,9H2,1-3H3,(H,16,17). The smallest absolute Gasteiger partial charge is 0.224 e. The highest BCUT2D eigenvalue weighted by Gasteiger charge is 2.20. The highest BCUT2D eigenvalue weighted by molar-refractivity contribution is 5.79. The predicted molar refractivity (Wildman–Crippen MR) is 69.8 cm³/mol. The fourth-order valence-corrected chi connectivity index (χ4v) is 1.83. The number of rotatable bonds is 7. The maximum absolute atomic E-state index is 11.9. The Morgan fingerprint density at radius 2 is 2.24 bits per heavy atom. The summed E-state index contributed by atoms with van der Waals surface area (Å²) < 4.78 is 0. The zero-order chi connectivity index (χ0) is 12.7. The first kappa shape index (κ1) is 13.8. The van der Waals surface area contributed by atoms with Crippen molar-refractivity contribution in [3.63, 3.8) is 0 Å². The van der Waals surface area contributed by atoms with Crippen LogP contribution in [0.1, 0.15) is 19.4 Å². The molecule has 1 atom stereocenters. The van der Waals surface area contributed by atoms with Crippen molar-refractivity contribution in [3.8, 4) is 0 Å². The molecule has 0 aromatic carbocycles. The molecule has 96 valence electrons. The van der Waals surface area contributed by atoms with Crippen molar-refractivity contribution in [2.45, 2.75) is 20.3 Å². The summed E-state index contributed by atoms with van der Waals surface area (Å²) in [5, 5.41) is 6.06. The lowest BCUT2D eigenvalue weighted by molar-refractivity contribution is -0.126. The van der Waals surface area contributed by atoms with Gasteiger partial charge in [0.15, 0.2) is 0 Å². The van der Waals surface area contributed by atoms with Crippen molar-refractivity contribution in [1.82, 2.24) is 15.6 Å². The van der Waals surface area contributed by atoms with Gasteiger partial charge in [0.2, 0.25) is 5.91 Å². The largest absolute Gasteiger partial charge is 0.367 e. The van der Waals surface area contributed by atoms with E-state index in [1.54, 1.807) is 0 Å². The van der Waals surface area contributed by atoms with Crippen LogP contribution in [0.15, 0.2) is 18.5 Å². The topological polar surface area (TPSA) is 56.9 Å². The van der Waals surface area contributed by atoms with Crippen molar-refractivity contribution in [3.05, 3.63) is 24.0 Å². The van der Waals surface area contributed by atoms with Gasteiger partial charge < -0.3 is 15.6 Å². The Labute approximate surface area is 103 Å². The minimum atomic E-state index is 0.0474. The fourth-order valence-electron chi connectivity index (χ4n) is 1.83. The van der Waals surface area contributed by atoms with Crippen molar-refractivity contribution in [1.29, 1.82) is 0 Å². The maximum Gasteiger partial charge on any atom is 0.224 e. The summed E-state index contributed by atoms with van der Waals surface area (Å²) in [7, 11) is 1.88. The minimum Gasteiger partial charge on any atom is -0.367 e. The van der Waals surface area contributed by atoms with E-state index in [9.17, 15) is 4.79 Å². The van der Waals surface area contributed by atoms with Crippen LogP contribution in [0.4, 0.5) is 0 Å². The molecule has 0 saturated carbocycles. The molecular weight excluding hydrogens is 214 g/mol. The van der Waals surface area contributed by atoms with E-state index in [0.717, 1.165) is 13.0 Å². The molecule has 0 saturated heterocycles. The second-order valence-corrected chi connectivity index (χ2v) is 4.67. The van der Waals surface area contributed by atoms with Crippen LogP contribution in [0.3, 0.4) is 0 Å². The average Bonchev–Trinajstić information content (AvgIpc) is 2.78. The number of amides is 1. The fraction of sp³-hybridized carbons (Fsp3) is 0.615. The van der Waals surface area contributed by atoms with Gasteiger partial charge in [-0.3, -0.25) is 4.79 Å². The molecule has 4 heteroatoms. The first-order valence-corrected chi connectivity index (χ1v) is 6.19. The van der Waals surface area contributed by atoms with Crippen LogP contribution in [0, 0.1) is 11.8 Å². The first-order chi connectivity index (χ1) is 8.15. The molecule has 0 spiro atoms. The van der Waals surface area contributed by atoms with Crippen LogP contribution in [0.25, 0.3) is 0 Å². The lowest BCUT2D eigenvalue weighted by atomic mass is 9.95. The molecule has 17 heavy (non-hydrogen) atoms. The van der Waals surface area contributed by atoms with Gasteiger partial charge in [0, 0.05) is 25.5 Å². The zero-order valence-electron chi connectivity index (χ0n) is 10.9. The minimum absolute atomic E-state index is 0.0474. The van der Waals surface area contributed by atoms with Crippen LogP contribution in [0.2, 0.25) is 0 Å². The summed E-state index contributed by atoms with van der Waals surface area (Å²) in [4.78, 5) is 15.0. The van der Waals surface area contributed by atoms with Crippen molar-refractivity contribution in [2.24, 2.45) is 11.8 Å². The zero-order valence-corrected chi connectivity index (χ0v) is 10.9. The normalized spacial score (nSPS) is 12.7. The highest BCUT2D eigenvalue weighted by atomic mass is 16.1. The number of H-pyrrole nitrogens is 1. The lowest BCUT2D eigenvalue weighted by Crippen LogP contribution is -2.39. The number of carbonyl (C=O) groups is 1. The molecule has 1 heterocycles. The van der Waals surface area contributed by atoms with Crippen LogP contribution in [-0.4, -0.2) is 31.0 Å².